The van der Waals surface area contributed by atoms with Gasteiger partial charge in [-0.1, -0.05) is 19.3 Å². The Balaban J connectivity index is 1.86. The normalized spacial score (nSPS) is 26.7. The first-order chi connectivity index (χ1) is 7.84. The Morgan fingerprint density at radius 2 is 2.00 bits per heavy atom. The van der Waals surface area contributed by atoms with Crippen molar-refractivity contribution in [3.63, 3.8) is 0 Å². The number of fused-ring (bicyclic) bond motifs is 1. The summed E-state index contributed by atoms with van der Waals surface area (Å²) in [6, 6.07) is 0.337. The van der Waals surface area contributed by atoms with Crippen LogP contribution < -0.4 is 5.73 Å². The molecule has 2 aliphatic rings. The van der Waals surface area contributed by atoms with Gasteiger partial charge in [-0.3, -0.25) is 0 Å². The lowest BCUT2D eigenvalue weighted by Gasteiger charge is -2.27. The zero-order valence-corrected chi connectivity index (χ0v) is 9.86. The molecule has 0 saturated heterocycles. The fourth-order valence-corrected chi connectivity index (χ4v) is 3.18. The Hall–Kier alpha value is -0.830. The highest BCUT2D eigenvalue weighted by Gasteiger charge is 2.24. The van der Waals surface area contributed by atoms with Crippen LogP contribution >= 0.6 is 0 Å². The van der Waals surface area contributed by atoms with Gasteiger partial charge >= 0.3 is 0 Å². The molecule has 3 nitrogen and oxygen atoms in total. The average molecular weight is 219 g/mol. The van der Waals surface area contributed by atoms with E-state index in [4.69, 9.17) is 5.73 Å². The summed E-state index contributed by atoms with van der Waals surface area (Å²) in [5, 5.41) is 0. The molecule has 1 atom stereocenters. The number of imidazole rings is 1. The van der Waals surface area contributed by atoms with Crippen molar-refractivity contribution in [1.82, 2.24) is 9.55 Å². The molecule has 1 fully saturated rings. The summed E-state index contributed by atoms with van der Waals surface area (Å²) in [5.41, 5.74) is 7.46. The number of nitrogens with two attached hydrogens (primary N) is 1. The fourth-order valence-electron chi connectivity index (χ4n) is 3.18. The van der Waals surface area contributed by atoms with Crippen molar-refractivity contribution in [2.75, 3.05) is 0 Å². The van der Waals surface area contributed by atoms with Gasteiger partial charge in [0.05, 0.1) is 0 Å². The lowest BCUT2D eigenvalue weighted by molar-refractivity contribution is 0.389. The van der Waals surface area contributed by atoms with E-state index >= 15 is 0 Å². The highest BCUT2D eigenvalue weighted by molar-refractivity contribution is 5.13. The summed E-state index contributed by atoms with van der Waals surface area (Å²) >= 11 is 0. The van der Waals surface area contributed by atoms with Crippen LogP contribution in [0.2, 0.25) is 0 Å². The van der Waals surface area contributed by atoms with Gasteiger partial charge in [0.15, 0.2) is 0 Å². The quantitative estimate of drug-likeness (QED) is 0.787. The lowest BCUT2D eigenvalue weighted by atomic mass is 9.88. The molecule has 0 bridgehead atoms. The summed E-state index contributed by atoms with van der Waals surface area (Å²) in [6.45, 7) is 0.987. The van der Waals surface area contributed by atoms with Gasteiger partial charge in [-0.25, -0.2) is 4.98 Å². The van der Waals surface area contributed by atoms with Gasteiger partial charge in [-0.15, -0.1) is 0 Å². The van der Waals surface area contributed by atoms with Crippen LogP contribution in [-0.4, -0.2) is 15.6 Å². The highest BCUT2D eigenvalue weighted by Crippen LogP contribution is 2.33. The van der Waals surface area contributed by atoms with Gasteiger partial charge in [-0.05, 0) is 25.7 Å². The van der Waals surface area contributed by atoms with Crippen molar-refractivity contribution in [3.05, 3.63) is 17.7 Å². The van der Waals surface area contributed by atoms with Crippen LogP contribution in [0.5, 0.6) is 0 Å². The third-order valence-corrected chi connectivity index (χ3v) is 4.13. The van der Waals surface area contributed by atoms with Crippen LogP contribution in [0, 0.1) is 0 Å². The molecular weight excluding hydrogens is 198 g/mol. The largest absolute Gasteiger partial charge is 0.330 e. The van der Waals surface area contributed by atoms with E-state index in [9.17, 15) is 0 Å². The van der Waals surface area contributed by atoms with Gasteiger partial charge in [-0.2, -0.15) is 0 Å². The van der Waals surface area contributed by atoms with Gasteiger partial charge in [0, 0.05) is 30.4 Å². The maximum atomic E-state index is 6.06. The van der Waals surface area contributed by atoms with Crippen molar-refractivity contribution in [3.8, 4) is 0 Å². The monoisotopic (exact) mass is 219 g/mol. The third-order valence-electron chi connectivity index (χ3n) is 4.13. The number of aromatic nitrogens is 2. The zero-order chi connectivity index (χ0) is 11.0. The van der Waals surface area contributed by atoms with Crippen LogP contribution in [0.4, 0.5) is 0 Å². The number of hydrogen-bond acceptors (Lipinski definition) is 2. The van der Waals surface area contributed by atoms with Crippen molar-refractivity contribution < 1.29 is 0 Å². The van der Waals surface area contributed by atoms with Crippen LogP contribution in [0.1, 0.15) is 56.0 Å². The van der Waals surface area contributed by atoms with Gasteiger partial charge < -0.3 is 10.3 Å². The lowest BCUT2D eigenvalue weighted by Crippen LogP contribution is -2.33. The molecule has 1 aliphatic heterocycles. The van der Waals surface area contributed by atoms with Crippen LogP contribution in [0.3, 0.4) is 0 Å². The third kappa shape index (κ3) is 1.77. The van der Waals surface area contributed by atoms with Crippen LogP contribution in [0.25, 0.3) is 0 Å². The van der Waals surface area contributed by atoms with Gasteiger partial charge in [0.1, 0.15) is 5.82 Å². The molecule has 88 valence electrons. The summed E-state index contributed by atoms with van der Waals surface area (Å²) in [7, 11) is 0. The Kier molecular flexibility index (Phi) is 2.72. The molecule has 0 radical (unpaired) electrons. The molecule has 0 aromatic carbocycles. The molecule has 0 spiro atoms. The minimum absolute atomic E-state index is 0.337. The van der Waals surface area contributed by atoms with Crippen molar-refractivity contribution in [1.29, 1.82) is 0 Å². The number of hydrogen-bond donors (Lipinski definition) is 1. The molecule has 0 amide bonds. The average Bonchev–Trinajstić information content (AvgIpc) is 2.73. The van der Waals surface area contributed by atoms with E-state index in [-0.39, 0.29) is 0 Å². The molecule has 1 aromatic rings. The van der Waals surface area contributed by atoms with E-state index in [2.05, 4.69) is 15.7 Å². The van der Waals surface area contributed by atoms with Crippen LogP contribution in [0.15, 0.2) is 6.20 Å². The van der Waals surface area contributed by atoms with E-state index < -0.39 is 0 Å². The van der Waals surface area contributed by atoms with Crippen molar-refractivity contribution in [2.24, 2.45) is 5.73 Å². The topological polar surface area (TPSA) is 43.8 Å². The molecule has 3 heteroatoms. The van der Waals surface area contributed by atoms with E-state index in [1.165, 1.54) is 43.6 Å². The summed E-state index contributed by atoms with van der Waals surface area (Å²) in [6.07, 6.45) is 11.1. The fraction of sp³-hybridized carbons (Fsp3) is 0.769. The van der Waals surface area contributed by atoms with Gasteiger partial charge in [0.25, 0.3) is 0 Å². The molecule has 2 heterocycles. The number of aryl methyl sites for hydroxylation is 1. The maximum Gasteiger partial charge on any atom is 0.112 e. The Morgan fingerprint density at radius 3 is 2.81 bits per heavy atom. The molecule has 2 N–H and O–H groups in total. The summed E-state index contributed by atoms with van der Waals surface area (Å²) in [4.78, 5) is 4.66. The minimum atomic E-state index is 0.337. The van der Waals surface area contributed by atoms with Crippen molar-refractivity contribution >= 4 is 0 Å². The second-order valence-corrected chi connectivity index (χ2v) is 5.35. The first kappa shape index (κ1) is 10.3. The first-order valence-corrected chi connectivity index (χ1v) is 6.64. The molecule has 1 saturated carbocycles. The summed E-state index contributed by atoms with van der Waals surface area (Å²) in [5.74, 6) is 2.03. The molecular formula is C13H21N3. The first-order valence-electron chi connectivity index (χ1n) is 6.64. The zero-order valence-electron chi connectivity index (χ0n) is 9.86. The second-order valence-electron chi connectivity index (χ2n) is 5.35. The predicted molar refractivity (Wildman–Crippen MR) is 64.3 cm³/mol. The molecule has 1 aliphatic carbocycles. The minimum Gasteiger partial charge on any atom is -0.330 e. The van der Waals surface area contributed by atoms with Crippen LogP contribution in [-0.2, 0) is 13.0 Å². The van der Waals surface area contributed by atoms with E-state index in [1.54, 1.807) is 0 Å². The van der Waals surface area contributed by atoms with E-state index in [1.807, 2.05) is 0 Å². The molecule has 16 heavy (non-hydrogen) atoms. The Morgan fingerprint density at radius 1 is 1.19 bits per heavy atom. The molecule has 3 rings (SSSR count). The molecule has 1 aromatic heterocycles. The highest BCUT2D eigenvalue weighted by atomic mass is 15.1. The molecule has 1 unspecified atom stereocenters. The second kappa shape index (κ2) is 4.21. The number of rotatable bonds is 1. The van der Waals surface area contributed by atoms with Crippen molar-refractivity contribution in [2.45, 2.75) is 63.5 Å². The Bertz CT molecular complexity index is 363. The number of nitrogens with zero attached hydrogens (tertiary/aromatic N) is 2. The summed E-state index contributed by atoms with van der Waals surface area (Å²) < 4.78 is 2.41. The maximum absolute atomic E-state index is 6.06. The Labute approximate surface area is 97.0 Å². The predicted octanol–water partition coefficient (Wildman–Crippen LogP) is 2.20. The van der Waals surface area contributed by atoms with E-state index in [0.717, 1.165) is 19.4 Å². The van der Waals surface area contributed by atoms with Gasteiger partial charge in [0.2, 0.25) is 0 Å². The van der Waals surface area contributed by atoms with E-state index in [0.29, 0.717) is 12.0 Å². The standard InChI is InChI=1S/C13H21N3/c14-11-6-7-12-8-15-13(16(12)9-11)10-4-2-1-3-5-10/h8,10-11H,1-7,9,14H2. The SMILES string of the molecule is NC1CCc2cnc(C3CCCCC3)n2C1. The smallest absolute Gasteiger partial charge is 0.112 e.